The average molecular weight is 754 g/mol. The van der Waals surface area contributed by atoms with Gasteiger partial charge < -0.3 is 14.4 Å². The molecule has 0 N–H and O–H groups in total. The number of hydrogen-bond donors (Lipinski definition) is 0. The monoisotopic (exact) mass is 753 g/mol. The summed E-state index contributed by atoms with van der Waals surface area (Å²) in [6.45, 7) is 0. The number of anilines is 6. The minimum atomic E-state index is 1.07. The third kappa shape index (κ3) is 6.17. The molecule has 278 valence electrons. The molecular formula is C56H39N3. The number of benzene rings is 10. The van der Waals surface area contributed by atoms with E-state index in [0.29, 0.717) is 0 Å². The van der Waals surface area contributed by atoms with Gasteiger partial charge in [-0.1, -0.05) is 140 Å². The largest absolute Gasteiger partial charge is 0.310 e. The van der Waals surface area contributed by atoms with Gasteiger partial charge in [0.25, 0.3) is 0 Å². The van der Waals surface area contributed by atoms with Crippen molar-refractivity contribution in [2.45, 2.75) is 0 Å². The normalized spacial score (nSPS) is 11.4. The lowest BCUT2D eigenvalue weighted by atomic mass is 9.99. The van der Waals surface area contributed by atoms with Gasteiger partial charge in [-0.15, -0.1) is 0 Å². The number of aromatic nitrogens is 1. The lowest BCUT2D eigenvalue weighted by Crippen LogP contribution is -2.13. The molecule has 0 bridgehead atoms. The minimum Gasteiger partial charge on any atom is -0.310 e. The van der Waals surface area contributed by atoms with Gasteiger partial charge in [-0.3, -0.25) is 0 Å². The van der Waals surface area contributed by atoms with Crippen LogP contribution in [0.15, 0.2) is 237 Å². The fraction of sp³-hybridized carbons (Fsp3) is 0. The molecule has 0 unspecified atom stereocenters. The van der Waals surface area contributed by atoms with E-state index in [0.717, 1.165) is 39.8 Å². The molecule has 0 amide bonds. The molecule has 3 heteroatoms. The van der Waals surface area contributed by atoms with Crippen LogP contribution in [0.25, 0.3) is 60.2 Å². The van der Waals surface area contributed by atoms with Crippen LogP contribution in [0.1, 0.15) is 0 Å². The number of hydrogen-bond acceptors (Lipinski definition) is 2. The molecular weight excluding hydrogens is 715 g/mol. The van der Waals surface area contributed by atoms with Gasteiger partial charge in [0.2, 0.25) is 0 Å². The first-order chi connectivity index (χ1) is 29.3. The van der Waals surface area contributed by atoms with Crippen molar-refractivity contribution in [3.8, 4) is 16.8 Å². The first kappa shape index (κ1) is 34.4. The van der Waals surface area contributed by atoms with Crippen LogP contribution in [0, 0.1) is 0 Å². The van der Waals surface area contributed by atoms with E-state index in [1.807, 2.05) is 0 Å². The fourth-order valence-electron chi connectivity index (χ4n) is 8.76. The van der Waals surface area contributed by atoms with Crippen molar-refractivity contribution in [3.63, 3.8) is 0 Å². The second-order valence-electron chi connectivity index (χ2n) is 15.0. The second-order valence-corrected chi connectivity index (χ2v) is 15.0. The Bertz CT molecular complexity index is 3210. The van der Waals surface area contributed by atoms with Crippen LogP contribution in [0.2, 0.25) is 0 Å². The van der Waals surface area contributed by atoms with E-state index in [-0.39, 0.29) is 0 Å². The molecule has 11 aromatic rings. The maximum Gasteiger partial charge on any atom is 0.0547 e. The van der Waals surface area contributed by atoms with Gasteiger partial charge in [0.1, 0.15) is 0 Å². The Morgan fingerprint density at radius 1 is 0.254 bits per heavy atom. The van der Waals surface area contributed by atoms with Gasteiger partial charge in [-0.2, -0.15) is 0 Å². The molecule has 0 aliphatic heterocycles. The highest BCUT2D eigenvalue weighted by Crippen LogP contribution is 2.43. The zero-order chi connectivity index (χ0) is 39.1. The standard InChI is InChI=1S/C56H39N3/c1-5-16-40(17-6-1)41-30-32-47(33-31-41)58(49-25-15-24-48(38-49)57(44-18-7-2-8-19-44)45-20-9-3-10-21-45)50-34-35-51-42(36-50)28-29-43-37-54-52-26-13-14-27-55(52)59(56(54)39-53(43)51)46-22-11-4-12-23-46/h1-39H. The predicted molar refractivity (Wildman–Crippen MR) is 251 cm³/mol. The van der Waals surface area contributed by atoms with Gasteiger partial charge in [0.05, 0.1) is 11.0 Å². The Balaban J connectivity index is 1.08. The minimum absolute atomic E-state index is 1.07. The number of fused-ring (bicyclic) bond motifs is 6. The number of nitrogens with zero attached hydrogens (tertiary/aromatic N) is 3. The topological polar surface area (TPSA) is 11.4 Å². The lowest BCUT2D eigenvalue weighted by Gasteiger charge is -2.29. The molecule has 0 aliphatic rings. The van der Waals surface area contributed by atoms with Crippen LogP contribution in [0.4, 0.5) is 34.1 Å². The van der Waals surface area contributed by atoms with Crippen molar-refractivity contribution < 1.29 is 0 Å². The maximum absolute atomic E-state index is 2.40. The summed E-state index contributed by atoms with van der Waals surface area (Å²) in [6, 6.07) is 85.3. The van der Waals surface area contributed by atoms with Crippen molar-refractivity contribution in [1.29, 1.82) is 0 Å². The molecule has 0 saturated carbocycles. The van der Waals surface area contributed by atoms with E-state index < -0.39 is 0 Å². The molecule has 1 heterocycles. The van der Waals surface area contributed by atoms with Crippen LogP contribution >= 0.6 is 0 Å². The van der Waals surface area contributed by atoms with Crippen LogP contribution in [-0.2, 0) is 0 Å². The van der Waals surface area contributed by atoms with Gasteiger partial charge in [0, 0.05) is 50.6 Å². The second kappa shape index (κ2) is 14.6. The third-order valence-corrected chi connectivity index (χ3v) is 11.5. The first-order valence-electron chi connectivity index (χ1n) is 20.2. The summed E-state index contributed by atoms with van der Waals surface area (Å²) in [6.07, 6.45) is 0. The maximum atomic E-state index is 2.40. The summed E-state index contributed by atoms with van der Waals surface area (Å²) in [5.74, 6) is 0. The van der Waals surface area contributed by atoms with Crippen LogP contribution < -0.4 is 9.80 Å². The van der Waals surface area contributed by atoms with Gasteiger partial charge >= 0.3 is 0 Å². The highest BCUT2D eigenvalue weighted by Gasteiger charge is 2.19. The van der Waals surface area contributed by atoms with Crippen molar-refractivity contribution in [1.82, 2.24) is 4.57 Å². The van der Waals surface area contributed by atoms with Crippen LogP contribution in [0.5, 0.6) is 0 Å². The van der Waals surface area contributed by atoms with Gasteiger partial charge in [-0.25, -0.2) is 0 Å². The van der Waals surface area contributed by atoms with E-state index >= 15 is 0 Å². The summed E-state index contributed by atoms with van der Waals surface area (Å²) in [7, 11) is 0. The van der Waals surface area contributed by atoms with Crippen LogP contribution in [-0.4, -0.2) is 4.57 Å². The Morgan fingerprint density at radius 3 is 1.42 bits per heavy atom. The lowest BCUT2D eigenvalue weighted by molar-refractivity contribution is 1.18. The van der Waals surface area contributed by atoms with E-state index in [1.165, 1.54) is 54.5 Å². The summed E-state index contributed by atoms with van der Waals surface area (Å²) in [5, 5.41) is 7.41. The van der Waals surface area contributed by atoms with E-state index in [9.17, 15) is 0 Å². The Labute approximate surface area is 343 Å². The quantitative estimate of drug-likeness (QED) is 0.143. The van der Waals surface area contributed by atoms with E-state index in [2.05, 4.69) is 251 Å². The molecule has 10 aromatic carbocycles. The molecule has 3 nitrogen and oxygen atoms in total. The Hall–Kier alpha value is -7.88. The predicted octanol–water partition coefficient (Wildman–Crippen LogP) is 15.7. The molecule has 0 atom stereocenters. The Kier molecular flexibility index (Phi) is 8.49. The van der Waals surface area contributed by atoms with Crippen molar-refractivity contribution in [2.75, 3.05) is 9.80 Å². The molecule has 0 aliphatic carbocycles. The van der Waals surface area contributed by atoms with Crippen molar-refractivity contribution >= 4 is 77.5 Å². The first-order valence-corrected chi connectivity index (χ1v) is 20.2. The third-order valence-electron chi connectivity index (χ3n) is 11.5. The SMILES string of the molecule is c1ccc(-c2ccc(N(c3cccc(N(c4ccccc4)c4ccccc4)c3)c3ccc4c(ccc5cc6c7ccccc7n(-c7ccccc7)c6cc54)c3)cc2)cc1. The van der Waals surface area contributed by atoms with Crippen molar-refractivity contribution in [2.24, 2.45) is 0 Å². The number of rotatable bonds is 8. The average Bonchev–Trinajstić information content (AvgIpc) is 3.63. The summed E-state index contributed by atoms with van der Waals surface area (Å²) < 4.78 is 2.40. The summed E-state index contributed by atoms with van der Waals surface area (Å²) >= 11 is 0. The molecule has 0 fully saturated rings. The summed E-state index contributed by atoms with van der Waals surface area (Å²) in [5.41, 5.74) is 12.5. The molecule has 11 rings (SSSR count). The zero-order valence-corrected chi connectivity index (χ0v) is 32.4. The van der Waals surface area contributed by atoms with Crippen molar-refractivity contribution in [3.05, 3.63) is 237 Å². The molecule has 0 radical (unpaired) electrons. The summed E-state index contributed by atoms with van der Waals surface area (Å²) in [4.78, 5) is 4.70. The molecule has 0 saturated heterocycles. The zero-order valence-electron chi connectivity index (χ0n) is 32.4. The van der Waals surface area contributed by atoms with Crippen LogP contribution in [0.3, 0.4) is 0 Å². The number of para-hydroxylation sites is 4. The van der Waals surface area contributed by atoms with Gasteiger partial charge in [-0.05, 0) is 130 Å². The van der Waals surface area contributed by atoms with Gasteiger partial charge in [0.15, 0.2) is 0 Å². The Morgan fingerprint density at radius 2 is 0.746 bits per heavy atom. The highest BCUT2D eigenvalue weighted by atomic mass is 15.2. The fourth-order valence-corrected chi connectivity index (χ4v) is 8.76. The molecule has 1 aromatic heterocycles. The van der Waals surface area contributed by atoms with E-state index in [4.69, 9.17) is 0 Å². The highest BCUT2D eigenvalue weighted by molar-refractivity contribution is 6.18. The molecule has 59 heavy (non-hydrogen) atoms. The van der Waals surface area contributed by atoms with E-state index in [1.54, 1.807) is 0 Å². The molecule has 0 spiro atoms. The smallest absolute Gasteiger partial charge is 0.0547 e.